The number of ether oxygens (including phenoxy) is 2. The van der Waals surface area contributed by atoms with Crippen LogP contribution in [0.1, 0.15) is 36.7 Å². The zero-order valence-electron chi connectivity index (χ0n) is 11.1. The molecule has 0 aliphatic carbocycles. The standard InChI is InChI=1S/C11H18N4O4/c1-3-4-5-6-19-8(16)7-15-10(12)9(13-14-15)11(17)18-2/h3-7,12H2,1-2H3. The summed E-state index contributed by atoms with van der Waals surface area (Å²) in [4.78, 5) is 22.7. The molecule has 0 saturated heterocycles. The van der Waals surface area contributed by atoms with Gasteiger partial charge in [0.2, 0.25) is 5.69 Å². The van der Waals surface area contributed by atoms with E-state index >= 15 is 0 Å². The summed E-state index contributed by atoms with van der Waals surface area (Å²) in [7, 11) is 1.21. The minimum absolute atomic E-state index is 0.0163. The number of aromatic nitrogens is 3. The lowest BCUT2D eigenvalue weighted by Gasteiger charge is -2.05. The number of unbranched alkanes of at least 4 members (excludes halogenated alkanes) is 2. The summed E-state index contributed by atoms with van der Waals surface area (Å²) in [5, 5.41) is 7.16. The highest BCUT2D eigenvalue weighted by molar-refractivity contribution is 5.91. The molecule has 0 aliphatic heterocycles. The van der Waals surface area contributed by atoms with Crippen LogP contribution in [0.2, 0.25) is 0 Å². The second kappa shape index (κ2) is 7.34. The summed E-state index contributed by atoms with van der Waals surface area (Å²) in [6, 6.07) is 0. The number of methoxy groups -OCH3 is 1. The first kappa shape index (κ1) is 14.9. The average molecular weight is 270 g/mol. The van der Waals surface area contributed by atoms with Crippen molar-refractivity contribution in [3.8, 4) is 0 Å². The molecule has 0 atom stereocenters. The summed E-state index contributed by atoms with van der Waals surface area (Å²) < 4.78 is 10.6. The zero-order chi connectivity index (χ0) is 14.3. The van der Waals surface area contributed by atoms with Crippen LogP contribution in [0.15, 0.2) is 0 Å². The van der Waals surface area contributed by atoms with E-state index in [9.17, 15) is 9.59 Å². The summed E-state index contributed by atoms with van der Waals surface area (Å²) in [5.74, 6) is -1.18. The Kier molecular flexibility index (Phi) is 5.77. The molecule has 0 aliphatic rings. The third kappa shape index (κ3) is 4.23. The van der Waals surface area contributed by atoms with Gasteiger partial charge in [-0.1, -0.05) is 25.0 Å². The van der Waals surface area contributed by atoms with E-state index in [2.05, 4.69) is 22.0 Å². The number of hydrogen-bond acceptors (Lipinski definition) is 7. The van der Waals surface area contributed by atoms with Gasteiger partial charge in [-0.25, -0.2) is 9.48 Å². The fraction of sp³-hybridized carbons (Fsp3) is 0.636. The van der Waals surface area contributed by atoms with Gasteiger partial charge in [-0.05, 0) is 6.42 Å². The summed E-state index contributed by atoms with van der Waals surface area (Å²) >= 11 is 0. The SMILES string of the molecule is CCCCCOC(=O)Cn1nnc(C(=O)OC)c1N. The van der Waals surface area contributed by atoms with Gasteiger partial charge in [0.1, 0.15) is 6.54 Å². The molecular formula is C11H18N4O4. The average Bonchev–Trinajstić information content (AvgIpc) is 2.75. The zero-order valence-corrected chi connectivity index (χ0v) is 11.1. The molecule has 19 heavy (non-hydrogen) atoms. The van der Waals surface area contributed by atoms with Gasteiger partial charge in [-0.3, -0.25) is 4.79 Å². The maximum Gasteiger partial charge on any atom is 0.362 e. The number of rotatable bonds is 7. The maximum atomic E-state index is 11.5. The molecule has 8 nitrogen and oxygen atoms in total. The molecule has 106 valence electrons. The van der Waals surface area contributed by atoms with Crippen molar-refractivity contribution < 1.29 is 19.1 Å². The Morgan fingerprint density at radius 3 is 2.74 bits per heavy atom. The molecule has 2 N–H and O–H groups in total. The van der Waals surface area contributed by atoms with Gasteiger partial charge >= 0.3 is 11.9 Å². The molecule has 1 aromatic heterocycles. The van der Waals surface area contributed by atoms with Gasteiger partial charge < -0.3 is 15.2 Å². The first-order chi connectivity index (χ1) is 9.10. The van der Waals surface area contributed by atoms with E-state index < -0.39 is 11.9 Å². The fourth-order valence-electron chi connectivity index (χ4n) is 1.39. The van der Waals surface area contributed by atoms with Gasteiger partial charge in [0, 0.05) is 0 Å². The Morgan fingerprint density at radius 1 is 1.37 bits per heavy atom. The van der Waals surface area contributed by atoms with Crippen molar-refractivity contribution in [2.75, 3.05) is 19.5 Å². The van der Waals surface area contributed by atoms with Crippen molar-refractivity contribution in [3.05, 3.63) is 5.69 Å². The molecule has 1 rings (SSSR count). The van der Waals surface area contributed by atoms with E-state index in [1.54, 1.807) is 0 Å². The predicted octanol–water partition coefficient (Wildman–Crippen LogP) is 0.380. The van der Waals surface area contributed by atoms with Crippen LogP contribution in [0.4, 0.5) is 5.82 Å². The summed E-state index contributed by atoms with van der Waals surface area (Å²) in [6.07, 6.45) is 2.88. The lowest BCUT2D eigenvalue weighted by atomic mass is 10.3. The summed E-state index contributed by atoms with van der Waals surface area (Å²) in [6.45, 7) is 2.25. The monoisotopic (exact) mass is 270 g/mol. The molecule has 1 heterocycles. The minimum Gasteiger partial charge on any atom is -0.464 e. The van der Waals surface area contributed by atoms with Crippen LogP contribution >= 0.6 is 0 Å². The normalized spacial score (nSPS) is 10.2. The highest BCUT2D eigenvalue weighted by Gasteiger charge is 2.19. The van der Waals surface area contributed by atoms with Crippen LogP contribution in [0.25, 0.3) is 0 Å². The van der Waals surface area contributed by atoms with Crippen molar-refractivity contribution in [2.24, 2.45) is 0 Å². The number of hydrogen-bond donors (Lipinski definition) is 1. The number of nitrogens with zero attached hydrogens (tertiary/aromatic N) is 3. The van der Waals surface area contributed by atoms with Crippen LogP contribution in [0.3, 0.4) is 0 Å². The Hall–Kier alpha value is -2.12. The van der Waals surface area contributed by atoms with Crippen LogP contribution in [0, 0.1) is 0 Å². The van der Waals surface area contributed by atoms with Gasteiger partial charge in [-0.2, -0.15) is 0 Å². The molecule has 0 bridgehead atoms. The first-order valence-corrected chi connectivity index (χ1v) is 6.03. The molecule has 8 heteroatoms. The number of anilines is 1. The molecule has 0 fully saturated rings. The fourth-order valence-corrected chi connectivity index (χ4v) is 1.39. The highest BCUT2D eigenvalue weighted by Crippen LogP contribution is 2.08. The number of esters is 2. The smallest absolute Gasteiger partial charge is 0.362 e. The highest BCUT2D eigenvalue weighted by atomic mass is 16.5. The largest absolute Gasteiger partial charge is 0.464 e. The second-order valence-electron chi connectivity index (χ2n) is 3.90. The van der Waals surface area contributed by atoms with E-state index in [0.717, 1.165) is 23.9 Å². The quantitative estimate of drug-likeness (QED) is 0.563. The van der Waals surface area contributed by atoms with Gasteiger partial charge in [0.25, 0.3) is 0 Å². The Bertz CT molecular complexity index is 444. The molecule has 0 saturated carbocycles. The van der Waals surface area contributed by atoms with Crippen molar-refractivity contribution in [1.82, 2.24) is 15.0 Å². The lowest BCUT2D eigenvalue weighted by Crippen LogP contribution is -2.17. The molecule has 1 aromatic rings. The minimum atomic E-state index is -0.694. The van der Waals surface area contributed by atoms with Crippen LogP contribution in [0.5, 0.6) is 0 Å². The van der Waals surface area contributed by atoms with Gasteiger partial charge in [-0.15, -0.1) is 5.10 Å². The molecule has 0 amide bonds. The van der Waals surface area contributed by atoms with Crippen LogP contribution < -0.4 is 5.73 Å². The lowest BCUT2D eigenvalue weighted by molar-refractivity contribution is -0.144. The van der Waals surface area contributed by atoms with Crippen molar-refractivity contribution in [3.63, 3.8) is 0 Å². The predicted molar refractivity (Wildman–Crippen MR) is 66.3 cm³/mol. The van der Waals surface area contributed by atoms with E-state index in [1.807, 2.05) is 0 Å². The van der Waals surface area contributed by atoms with Gasteiger partial charge in [0.05, 0.1) is 13.7 Å². The summed E-state index contributed by atoms with van der Waals surface area (Å²) in [5.41, 5.74) is 5.52. The Morgan fingerprint density at radius 2 is 2.11 bits per heavy atom. The van der Waals surface area contributed by atoms with Crippen molar-refractivity contribution in [1.29, 1.82) is 0 Å². The van der Waals surface area contributed by atoms with E-state index in [-0.39, 0.29) is 18.1 Å². The number of carbonyl (C=O) groups is 2. The molecule has 0 aromatic carbocycles. The number of nitrogens with two attached hydrogens (primary N) is 1. The first-order valence-electron chi connectivity index (χ1n) is 6.03. The van der Waals surface area contributed by atoms with Crippen molar-refractivity contribution in [2.45, 2.75) is 32.7 Å². The second-order valence-corrected chi connectivity index (χ2v) is 3.90. The number of nitrogen functional groups attached to an aromatic ring is 1. The van der Waals surface area contributed by atoms with E-state index in [0.29, 0.717) is 6.61 Å². The molecule has 0 unspecified atom stereocenters. The van der Waals surface area contributed by atoms with Crippen LogP contribution in [-0.2, 0) is 20.8 Å². The van der Waals surface area contributed by atoms with E-state index in [4.69, 9.17) is 10.5 Å². The molecule has 0 spiro atoms. The van der Waals surface area contributed by atoms with Gasteiger partial charge in [0.15, 0.2) is 5.82 Å². The molecule has 0 radical (unpaired) electrons. The van der Waals surface area contributed by atoms with Crippen LogP contribution in [-0.4, -0.2) is 40.6 Å². The third-order valence-corrected chi connectivity index (χ3v) is 2.44. The Labute approximate surface area is 110 Å². The third-order valence-electron chi connectivity index (χ3n) is 2.44. The van der Waals surface area contributed by atoms with E-state index in [1.165, 1.54) is 7.11 Å². The number of carbonyl (C=O) groups excluding carboxylic acids is 2. The topological polar surface area (TPSA) is 109 Å². The molecular weight excluding hydrogens is 252 g/mol. The van der Waals surface area contributed by atoms with Crippen molar-refractivity contribution >= 4 is 17.8 Å². The Balaban J connectivity index is 2.51. The maximum absolute atomic E-state index is 11.5.